The summed E-state index contributed by atoms with van der Waals surface area (Å²) < 4.78 is 32.5. The van der Waals surface area contributed by atoms with Crippen LogP contribution in [0.15, 0.2) is 47.5 Å². The van der Waals surface area contributed by atoms with Crippen LogP contribution in [0.25, 0.3) is 0 Å². The van der Waals surface area contributed by atoms with Crippen molar-refractivity contribution in [1.29, 1.82) is 0 Å². The monoisotopic (exact) mass is 458 g/mol. The minimum absolute atomic E-state index is 0.122. The van der Waals surface area contributed by atoms with E-state index >= 15 is 0 Å². The van der Waals surface area contributed by atoms with Crippen LogP contribution >= 0.6 is 0 Å². The van der Waals surface area contributed by atoms with Crippen LogP contribution in [0.3, 0.4) is 0 Å². The maximum Gasteiger partial charge on any atom is 0.243 e. The molecule has 32 heavy (non-hydrogen) atoms. The van der Waals surface area contributed by atoms with Gasteiger partial charge in [-0.3, -0.25) is 4.79 Å². The number of hydrogen-bond acceptors (Lipinski definition) is 6. The fourth-order valence-corrected chi connectivity index (χ4v) is 5.78. The summed E-state index contributed by atoms with van der Waals surface area (Å²) in [7, 11) is -2.11. The molecule has 2 aromatic rings. The number of carbonyl (C=O) groups is 1. The number of rotatable bonds is 7. The highest BCUT2D eigenvalue weighted by Gasteiger charge is 2.33. The number of nitrogens with one attached hydrogen (secondary N) is 1. The summed E-state index contributed by atoms with van der Waals surface area (Å²) in [6, 6.07) is 10.3. The molecule has 0 spiro atoms. The average molecular weight is 459 g/mol. The van der Waals surface area contributed by atoms with Crippen molar-refractivity contribution in [2.75, 3.05) is 38.2 Å². The second-order valence-electron chi connectivity index (χ2n) is 8.31. The molecule has 3 heterocycles. The van der Waals surface area contributed by atoms with Crippen LogP contribution in [-0.2, 0) is 21.4 Å². The van der Waals surface area contributed by atoms with Gasteiger partial charge in [-0.05, 0) is 61.6 Å². The molecule has 2 fully saturated rings. The quantitative estimate of drug-likeness (QED) is 0.685. The Balaban J connectivity index is 1.33. The van der Waals surface area contributed by atoms with Gasteiger partial charge in [-0.25, -0.2) is 13.4 Å². The van der Waals surface area contributed by atoms with E-state index in [0.29, 0.717) is 31.7 Å². The average Bonchev–Trinajstić information content (AvgIpc) is 3.38. The number of aromatic nitrogens is 1. The van der Waals surface area contributed by atoms with Gasteiger partial charge in [-0.15, -0.1) is 0 Å². The summed E-state index contributed by atoms with van der Waals surface area (Å²) in [5.41, 5.74) is 0.930. The Bertz CT molecular complexity index is 1020. The van der Waals surface area contributed by atoms with Gasteiger partial charge in [0.1, 0.15) is 11.6 Å². The molecule has 0 saturated carbocycles. The summed E-state index contributed by atoms with van der Waals surface area (Å²) in [5, 5.41) is 2.95. The van der Waals surface area contributed by atoms with Gasteiger partial charge in [0.15, 0.2) is 0 Å². The van der Waals surface area contributed by atoms with E-state index < -0.39 is 10.0 Å². The van der Waals surface area contributed by atoms with Crippen molar-refractivity contribution in [2.45, 2.75) is 37.1 Å². The molecular formula is C23H30N4O4S. The molecule has 8 nitrogen and oxygen atoms in total. The largest absolute Gasteiger partial charge is 0.497 e. The lowest BCUT2D eigenvalue weighted by molar-refractivity contribution is -0.126. The van der Waals surface area contributed by atoms with Crippen LogP contribution in [-0.4, -0.2) is 56.9 Å². The SMILES string of the molecule is COc1ccc(S(=O)(=O)N2CCCC(C(=O)NCc3ccc(N4CCCC4)nc3)C2)cc1. The van der Waals surface area contributed by atoms with E-state index in [1.165, 1.54) is 36.4 Å². The number of ether oxygens (including phenoxy) is 1. The van der Waals surface area contributed by atoms with E-state index in [4.69, 9.17) is 4.74 Å². The van der Waals surface area contributed by atoms with Crippen molar-refractivity contribution in [1.82, 2.24) is 14.6 Å². The van der Waals surface area contributed by atoms with Gasteiger partial charge >= 0.3 is 0 Å². The minimum Gasteiger partial charge on any atom is -0.497 e. The van der Waals surface area contributed by atoms with Gasteiger partial charge in [0.05, 0.1) is 17.9 Å². The zero-order valence-corrected chi connectivity index (χ0v) is 19.2. The predicted molar refractivity (Wildman–Crippen MR) is 122 cm³/mol. The summed E-state index contributed by atoms with van der Waals surface area (Å²) in [6.07, 6.45) is 5.53. The molecule has 1 amide bonds. The molecule has 2 aliphatic heterocycles. The molecule has 0 aliphatic carbocycles. The maximum absolute atomic E-state index is 13.0. The van der Waals surface area contributed by atoms with Crippen molar-refractivity contribution in [3.63, 3.8) is 0 Å². The molecule has 1 aromatic heterocycles. The van der Waals surface area contributed by atoms with Gasteiger partial charge in [0.25, 0.3) is 0 Å². The number of nitrogens with zero attached hydrogens (tertiary/aromatic N) is 3. The zero-order valence-electron chi connectivity index (χ0n) is 18.4. The lowest BCUT2D eigenvalue weighted by atomic mass is 9.99. The summed E-state index contributed by atoms with van der Waals surface area (Å²) in [6.45, 7) is 3.07. The highest BCUT2D eigenvalue weighted by atomic mass is 32.2. The lowest BCUT2D eigenvalue weighted by Gasteiger charge is -2.31. The van der Waals surface area contributed by atoms with Crippen LogP contribution in [0, 0.1) is 5.92 Å². The number of anilines is 1. The number of carbonyl (C=O) groups excluding carboxylic acids is 1. The molecule has 1 atom stereocenters. The van der Waals surface area contributed by atoms with Crippen molar-refractivity contribution >= 4 is 21.7 Å². The molecule has 2 aliphatic rings. The van der Waals surface area contributed by atoms with Gasteiger partial charge in [0.2, 0.25) is 15.9 Å². The summed E-state index contributed by atoms with van der Waals surface area (Å²) in [4.78, 5) is 19.8. The first-order valence-corrected chi connectivity index (χ1v) is 12.5. The van der Waals surface area contributed by atoms with Crippen LogP contribution < -0.4 is 15.0 Å². The molecular weight excluding hydrogens is 428 g/mol. The van der Waals surface area contributed by atoms with Crippen LogP contribution in [0.1, 0.15) is 31.2 Å². The predicted octanol–water partition coefficient (Wildman–Crippen LogP) is 2.41. The molecule has 4 rings (SSSR count). The van der Waals surface area contributed by atoms with Gasteiger partial charge < -0.3 is 15.0 Å². The zero-order chi connectivity index (χ0) is 22.6. The first kappa shape index (κ1) is 22.5. The van der Waals surface area contributed by atoms with Crippen LogP contribution in [0.5, 0.6) is 5.75 Å². The standard InChI is InChI=1S/C23H30N4O4S/c1-31-20-7-9-21(10-8-20)32(29,30)27-14-4-5-19(17-27)23(28)25-16-18-6-11-22(24-15-18)26-12-2-3-13-26/h6-11,15,19H,2-5,12-14,16-17H2,1H3,(H,25,28). The highest BCUT2D eigenvalue weighted by Crippen LogP contribution is 2.25. The number of sulfonamides is 1. The molecule has 2 saturated heterocycles. The number of pyridine rings is 1. The Kier molecular flexibility index (Phi) is 6.95. The van der Waals surface area contributed by atoms with Crippen LogP contribution in [0.2, 0.25) is 0 Å². The molecule has 1 N–H and O–H groups in total. The molecule has 172 valence electrons. The molecule has 0 radical (unpaired) electrons. The molecule has 1 aromatic carbocycles. The van der Waals surface area contributed by atoms with Crippen molar-refractivity contribution in [3.05, 3.63) is 48.2 Å². The van der Waals surface area contributed by atoms with Crippen LogP contribution in [0.4, 0.5) is 5.82 Å². The fraction of sp³-hybridized carbons (Fsp3) is 0.478. The van der Waals surface area contributed by atoms with Gasteiger partial charge in [0, 0.05) is 38.9 Å². The van der Waals surface area contributed by atoms with Crippen molar-refractivity contribution < 1.29 is 17.9 Å². The normalized spacial score (nSPS) is 19.7. The Labute approximate surface area is 189 Å². The van der Waals surface area contributed by atoms with E-state index in [2.05, 4.69) is 15.2 Å². The Morgan fingerprint density at radius 2 is 1.84 bits per heavy atom. The van der Waals surface area contributed by atoms with Crippen molar-refractivity contribution in [2.24, 2.45) is 5.92 Å². The van der Waals surface area contributed by atoms with E-state index in [1.54, 1.807) is 18.3 Å². The minimum atomic E-state index is -3.65. The lowest BCUT2D eigenvalue weighted by Crippen LogP contribution is -2.45. The number of hydrogen-bond donors (Lipinski definition) is 1. The highest BCUT2D eigenvalue weighted by molar-refractivity contribution is 7.89. The van der Waals surface area contributed by atoms with E-state index in [-0.39, 0.29) is 23.3 Å². The summed E-state index contributed by atoms with van der Waals surface area (Å²) in [5.74, 6) is 1.09. The maximum atomic E-state index is 13.0. The number of methoxy groups -OCH3 is 1. The first-order chi connectivity index (χ1) is 15.5. The van der Waals surface area contributed by atoms with E-state index in [1.807, 2.05) is 12.1 Å². The number of amides is 1. The third-order valence-electron chi connectivity index (χ3n) is 6.16. The second kappa shape index (κ2) is 9.87. The third kappa shape index (κ3) is 5.05. The summed E-state index contributed by atoms with van der Waals surface area (Å²) >= 11 is 0. The van der Waals surface area contributed by atoms with Crippen molar-refractivity contribution in [3.8, 4) is 5.75 Å². The topological polar surface area (TPSA) is 91.8 Å². The van der Waals surface area contributed by atoms with E-state index in [9.17, 15) is 13.2 Å². The Morgan fingerprint density at radius 3 is 2.50 bits per heavy atom. The fourth-order valence-electron chi connectivity index (χ4n) is 4.26. The molecule has 9 heteroatoms. The number of benzene rings is 1. The molecule has 1 unspecified atom stereocenters. The number of piperidine rings is 1. The smallest absolute Gasteiger partial charge is 0.243 e. The second-order valence-corrected chi connectivity index (χ2v) is 10.3. The third-order valence-corrected chi connectivity index (χ3v) is 8.04. The van der Waals surface area contributed by atoms with Gasteiger partial charge in [-0.2, -0.15) is 4.31 Å². The Morgan fingerprint density at radius 1 is 1.09 bits per heavy atom. The molecule has 0 bridgehead atoms. The Hall–Kier alpha value is -2.65. The van der Waals surface area contributed by atoms with E-state index in [0.717, 1.165) is 24.5 Å². The van der Waals surface area contributed by atoms with Gasteiger partial charge in [-0.1, -0.05) is 6.07 Å². The first-order valence-electron chi connectivity index (χ1n) is 11.1.